The van der Waals surface area contributed by atoms with Crippen LogP contribution in [0.2, 0.25) is 0 Å². The van der Waals surface area contributed by atoms with Gasteiger partial charge in [0, 0.05) is 17.3 Å². The summed E-state index contributed by atoms with van der Waals surface area (Å²) < 4.78 is 0. The summed E-state index contributed by atoms with van der Waals surface area (Å²) in [5, 5.41) is 10.6. The quantitative estimate of drug-likeness (QED) is 0.627. The number of aromatic nitrogens is 1. The summed E-state index contributed by atoms with van der Waals surface area (Å²) in [6.07, 6.45) is 1.90. The van der Waals surface area contributed by atoms with Crippen molar-refractivity contribution in [2.75, 3.05) is 0 Å². The van der Waals surface area contributed by atoms with Crippen LogP contribution in [0.15, 0.2) is 30.5 Å². The lowest BCUT2D eigenvalue weighted by Gasteiger charge is -2.05. The summed E-state index contributed by atoms with van der Waals surface area (Å²) in [5.74, 6) is 5.73. The highest BCUT2D eigenvalue weighted by Crippen LogP contribution is 2.13. The molecule has 0 atom stereocenters. The van der Waals surface area contributed by atoms with E-state index in [0.717, 1.165) is 11.1 Å². The zero-order valence-electron chi connectivity index (χ0n) is 8.83. The predicted octanol–water partition coefficient (Wildman–Crippen LogP) is 2.29. The second-order valence-electron chi connectivity index (χ2n) is 4.09. The molecule has 0 aliphatic carbocycles. The molecule has 2 nitrogen and oxygen atoms in total. The van der Waals surface area contributed by atoms with Gasteiger partial charge in [0.05, 0.1) is 0 Å². The maximum absolute atomic E-state index is 9.47. The van der Waals surface area contributed by atoms with Gasteiger partial charge in [-0.25, -0.2) is 0 Å². The van der Waals surface area contributed by atoms with E-state index in [2.05, 4.69) is 16.8 Å². The van der Waals surface area contributed by atoms with Crippen molar-refractivity contribution in [3.05, 3.63) is 36.0 Å². The molecule has 1 aromatic heterocycles. The molecule has 2 heteroatoms. The number of aromatic amines is 1. The first-order valence-electron chi connectivity index (χ1n) is 4.87. The van der Waals surface area contributed by atoms with Crippen molar-refractivity contribution >= 4 is 10.9 Å². The number of aliphatic hydroxyl groups is 1. The van der Waals surface area contributed by atoms with E-state index in [1.54, 1.807) is 13.8 Å². The van der Waals surface area contributed by atoms with Crippen molar-refractivity contribution in [2.24, 2.45) is 0 Å². The molecule has 15 heavy (non-hydrogen) atoms. The molecule has 0 amide bonds. The molecule has 76 valence electrons. The second kappa shape index (κ2) is 3.45. The van der Waals surface area contributed by atoms with Gasteiger partial charge in [-0.2, -0.15) is 0 Å². The molecule has 0 saturated heterocycles. The number of hydrogen-bond donors (Lipinski definition) is 2. The Morgan fingerprint density at radius 3 is 2.80 bits per heavy atom. The maximum atomic E-state index is 9.47. The summed E-state index contributed by atoms with van der Waals surface area (Å²) in [4.78, 5) is 3.13. The van der Waals surface area contributed by atoms with E-state index in [1.807, 2.05) is 30.5 Å². The Labute approximate surface area is 88.9 Å². The third-order valence-electron chi connectivity index (χ3n) is 2.07. The van der Waals surface area contributed by atoms with Crippen LogP contribution in [0.1, 0.15) is 19.4 Å². The van der Waals surface area contributed by atoms with Gasteiger partial charge in [-0.3, -0.25) is 0 Å². The number of hydrogen-bond acceptors (Lipinski definition) is 1. The normalized spacial score (nSPS) is 11.1. The van der Waals surface area contributed by atoms with Crippen molar-refractivity contribution in [3.8, 4) is 11.8 Å². The molecule has 0 aliphatic heterocycles. The average Bonchev–Trinajstić information content (AvgIpc) is 2.60. The molecule has 0 fully saturated rings. The van der Waals surface area contributed by atoms with Gasteiger partial charge in [0.1, 0.15) is 5.60 Å². The van der Waals surface area contributed by atoms with Crippen LogP contribution >= 0.6 is 0 Å². The number of benzene rings is 1. The molecule has 0 spiro atoms. The minimum atomic E-state index is -0.940. The highest BCUT2D eigenvalue weighted by atomic mass is 16.3. The number of nitrogens with one attached hydrogen (secondary N) is 1. The highest BCUT2D eigenvalue weighted by molar-refractivity contribution is 5.80. The van der Waals surface area contributed by atoms with Crippen molar-refractivity contribution in [1.29, 1.82) is 0 Å². The summed E-state index contributed by atoms with van der Waals surface area (Å²) in [6, 6.07) is 7.96. The summed E-state index contributed by atoms with van der Waals surface area (Å²) in [5.41, 5.74) is 1.04. The minimum absolute atomic E-state index is 0.909. The van der Waals surface area contributed by atoms with Gasteiger partial charge in [0.2, 0.25) is 0 Å². The van der Waals surface area contributed by atoms with Crippen molar-refractivity contribution in [2.45, 2.75) is 19.4 Å². The van der Waals surface area contributed by atoms with Crippen LogP contribution in [0.25, 0.3) is 10.9 Å². The fourth-order valence-corrected chi connectivity index (χ4v) is 1.35. The van der Waals surface area contributed by atoms with E-state index >= 15 is 0 Å². The van der Waals surface area contributed by atoms with E-state index in [9.17, 15) is 5.11 Å². The maximum Gasteiger partial charge on any atom is 0.120 e. The predicted molar refractivity (Wildman–Crippen MR) is 61.5 cm³/mol. The zero-order valence-corrected chi connectivity index (χ0v) is 8.83. The van der Waals surface area contributed by atoms with Crippen LogP contribution in [0.3, 0.4) is 0 Å². The molecule has 2 N–H and O–H groups in total. The van der Waals surface area contributed by atoms with Crippen molar-refractivity contribution in [1.82, 2.24) is 4.98 Å². The largest absolute Gasteiger partial charge is 0.378 e. The van der Waals surface area contributed by atoms with Gasteiger partial charge in [-0.1, -0.05) is 17.9 Å². The lowest BCUT2D eigenvalue weighted by molar-refractivity contribution is 0.143. The van der Waals surface area contributed by atoms with Gasteiger partial charge >= 0.3 is 0 Å². The SMILES string of the molecule is CC(C)(O)C#Cc1ccc2cc[nH]c2c1. The minimum Gasteiger partial charge on any atom is -0.378 e. The van der Waals surface area contributed by atoms with E-state index in [-0.39, 0.29) is 0 Å². The first-order valence-corrected chi connectivity index (χ1v) is 4.87. The van der Waals surface area contributed by atoms with Crippen molar-refractivity contribution < 1.29 is 5.11 Å². The standard InChI is InChI=1S/C13H13NO/c1-13(2,15)7-5-10-3-4-11-6-8-14-12(11)9-10/h3-4,6,8-9,14-15H,1-2H3. The summed E-state index contributed by atoms with van der Waals surface area (Å²) in [6.45, 7) is 3.35. The molecule has 0 aliphatic rings. The number of H-pyrrole nitrogens is 1. The van der Waals surface area contributed by atoms with Crippen molar-refractivity contribution in [3.63, 3.8) is 0 Å². The molecule has 1 aromatic carbocycles. The molecular weight excluding hydrogens is 186 g/mol. The Bertz CT molecular complexity index is 535. The Balaban J connectivity index is 2.39. The van der Waals surface area contributed by atoms with Gasteiger partial charge in [0.15, 0.2) is 0 Å². The molecule has 0 bridgehead atoms. The Morgan fingerprint density at radius 1 is 1.27 bits per heavy atom. The third-order valence-corrected chi connectivity index (χ3v) is 2.07. The van der Waals surface area contributed by atoms with Gasteiger partial charge in [-0.15, -0.1) is 0 Å². The summed E-state index contributed by atoms with van der Waals surface area (Å²) >= 11 is 0. The van der Waals surface area contributed by atoms with Crippen LogP contribution < -0.4 is 0 Å². The molecule has 2 aromatic rings. The van der Waals surface area contributed by atoms with Gasteiger partial charge in [0.25, 0.3) is 0 Å². The number of fused-ring (bicyclic) bond motifs is 1. The fraction of sp³-hybridized carbons (Fsp3) is 0.231. The Morgan fingerprint density at radius 2 is 2.07 bits per heavy atom. The smallest absolute Gasteiger partial charge is 0.120 e. The Hall–Kier alpha value is -1.72. The molecule has 1 heterocycles. The van der Waals surface area contributed by atoms with Crippen LogP contribution in [-0.4, -0.2) is 15.7 Å². The highest BCUT2D eigenvalue weighted by Gasteiger charge is 2.05. The van der Waals surface area contributed by atoms with E-state index in [1.165, 1.54) is 5.39 Å². The monoisotopic (exact) mass is 199 g/mol. The molecule has 0 radical (unpaired) electrons. The molecule has 0 saturated carbocycles. The van der Waals surface area contributed by atoms with Crippen LogP contribution in [0.5, 0.6) is 0 Å². The third kappa shape index (κ3) is 2.39. The van der Waals surface area contributed by atoms with E-state index < -0.39 is 5.60 Å². The first-order chi connectivity index (χ1) is 7.04. The molecular formula is C13H13NO. The van der Waals surface area contributed by atoms with E-state index in [4.69, 9.17) is 0 Å². The van der Waals surface area contributed by atoms with Gasteiger partial charge < -0.3 is 10.1 Å². The summed E-state index contributed by atoms with van der Waals surface area (Å²) in [7, 11) is 0. The topological polar surface area (TPSA) is 36.0 Å². The second-order valence-corrected chi connectivity index (χ2v) is 4.09. The van der Waals surface area contributed by atoms with Gasteiger partial charge in [-0.05, 0) is 37.4 Å². The number of rotatable bonds is 0. The molecule has 2 rings (SSSR count). The lowest BCUT2D eigenvalue weighted by Crippen LogP contribution is -2.14. The zero-order chi connectivity index (χ0) is 10.9. The molecule has 0 unspecified atom stereocenters. The van der Waals surface area contributed by atoms with E-state index in [0.29, 0.717) is 0 Å². The fourth-order valence-electron chi connectivity index (χ4n) is 1.35. The van der Waals surface area contributed by atoms with Crippen LogP contribution in [-0.2, 0) is 0 Å². The van der Waals surface area contributed by atoms with Crippen LogP contribution in [0, 0.1) is 11.8 Å². The average molecular weight is 199 g/mol. The lowest BCUT2D eigenvalue weighted by atomic mass is 10.1. The first kappa shape index (κ1) is 9.82. The Kier molecular flexibility index (Phi) is 2.26. The van der Waals surface area contributed by atoms with Crippen LogP contribution in [0.4, 0.5) is 0 Å².